The Morgan fingerprint density at radius 1 is 1.00 bits per heavy atom. The Hall–Kier alpha value is -4.94. The predicted molar refractivity (Wildman–Crippen MR) is 173 cm³/mol. The van der Waals surface area contributed by atoms with Gasteiger partial charge in [-0.15, -0.1) is 0 Å². The molecule has 47 heavy (non-hydrogen) atoms. The highest BCUT2D eigenvalue weighted by molar-refractivity contribution is 5.87. The Labute approximate surface area is 270 Å². The molecule has 246 valence electrons. The van der Waals surface area contributed by atoms with Crippen molar-refractivity contribution in [1.29, 1.82) is 0 Å². The highest BCUT2D eigenvalue weighted by Crippen LogP contribution is 2.30. The summed E-state index contributed by atoms with van der Waals surface area (Å²) in [6.45, 7) is 3.37. The van der Waals surface area contributed by atoms with Crippen molar-refractivity contribution >= 4 is 23.0 Å². The van der Waals surface area contributed by atoms with Crippen LogP contribution in [0.2, 0.25) is 0 Å². The number of aliphatic hydroxyl groups excluding tert-OH is 3. The van der Waals surface area contributed by atoms with Crippen LogP contribution in [0.25, 0.3) is 28.2 Å². The Balaban J connectivity index is 1.39. The van der Waals surface area contributed by atoms with Crippen molar-refractivity contribution in [3.05, 3.63) is 106 Å². The summed E-state index contributed by atoms with van der Waals surface area (Å²) in [6.07, 6.45) is -0.789. The number of ether oxygens (including phenoxy) is 4. The zero-order chi connectivity index (χ0) is 33.7. The van der Waals surface area contributed by atoms with Gasteiger partial charge in [0.05, 0.1) is 24.7 Å². The molecule has 4 aromatic rings. The number of phenolic OH excluding ortho intramolecular Hbond substituents is 1. The number of methoxy groups -OCH3 is 1. The van der Waals surface area contributed by atoms with Crippen LogP contribution >= 0.6 is 0 Å². The van der Waals surface area contributed by atoms with Crippen LogP contribution in [0.4, 0.5) is 0 Å². The molecule has 0 saturated carbocycles. The molecule has 11 heteroatoms. The molecule has 0 aliphatic carbocycles. The molecule has 1 aromatic heterocycles. The van der Waals surface area contributed by atoms with E-state index in [1.165, 1.54) is 42.7 Å². The van der Waals surface area contributed by atoms with Gasteiger partial charge in [0, 0.05) is 12.1 Å². The molecule has 2 unspecified atom stereocenters. The number of esters is 1. The average Bonchev–Trinajstić information content (AvgIpc) is 3.06. The maximum atomic E-state index is 13.5. The van der Waals surface area contributed by atoms with Crippen molar-refractivity contribution in [3.63, 3.8) is 0 Å². The van der Waals surface area contributed by atoms with Crippen molar-refractivity contribution in [2.45, 2.75) is 51.0 Å². The van der Waals surface area contributed by atoms with Gasteiger partial charge in [0.25, 0.3) is 0 Å². The van der Waals surface area contributed by atoms with Gasteiger partial charge in [0.15, 0.2) is 11.5 Å². The first kappa shape index (κ1) is 33.4. The lowest BCUT2D eigenvalue weighted by Gasteiger charge is -2.41. The number of rotatable bonds is 10. The molecule has 1 saturated heterocycles. The van der Waals surface area contributed by atoms with Crippen LogP contribution in [0.5, 0.6) is 17.2 Å². The third kappa shape index (κ3) is 7.72. The number of aromatic hydroxyl groups is 1. The summed E-state index contributed by atoms with van der Waals surface area (Å²) in [5, 5.41) is 40.7. The minimum Gasteiger partial charge on any atom is -0.508 e. The molecular formula is C36H36O11. The first-order valence-corrected chi connectivity index (χ1v) is 14.9. The van der Waals surface area contributed by atoms with Gasteiger partial charge in [0.2, 0.25) is 6.29 Å². The lowest BCUT2D eigenvalue weighted by atomic mass is 9.99. The number of aliphatic hydroxyl groups is 3. The fourth-order valence-corrected chi connectivity index (χ4v) is 5.13. The fraction of sp³-hybridized carbons (Fsp3) is 0.278. The number of allylic oxidation sites excluding steroid dienone is 2. The molecule has 0 amide bonds. The molecule has 5 rings (SSSR count). The summed E-state index contributed by atoms with van der Waals surface area (Å²) in [7, 11) is 1.60. The Morgan fingerprint density at radius 2 is 1.77 bits per heavy atom. The molecule has 0 bridgehead atoms. The summed E-state index contributed by atoms with van der Waals surface area (Å²) in [5.74, 6) is 0.0533. The van der Waals surface area contributed by atoms with Crippen LogP contribution in [0.15, 0.2) is 93.9 Å². The number of carbonyl (C=O) groups excluding carboxylic acids is 1. The minimum absolute atomic E-state index is 0.0644. The molecule has 1 aliphatic heterocycles. The van der Waals surface area contributed by atoms with Crippen LogP contribution < -0.4 is 14.9 Å². The van der Waals surface area contributed by atoms with Gasteiger partial charge in [-0.05, 0) is 79.4 Å². The van der Waals surface area contributed by atoms with E-state index in [1.54, 1.807) is 25.3 Å². The van der Waals surface area contributed by atoms with Crippen molar-refractivity contribution in [2.24, 2.45) is 0 Å². The zero-order valence-electron chi connectivity index (χ0n) is 26.0. The molecule has 3 aromatic carbocycles. The summed E-state index contributed by atoms with van der Waals surface area (Å²) in [5.41, 5.74) is 3.64. The zero-order valence-corrected chi connectivity index (χ0v) is 26.0. The van der Waals surface area contributed by atoms with Gasteiger partial charge in [-0.3, -0.25) is 4.79 Å². The maximum Gasteiger partial charge on any atom is 0.331 e. The lowest BCUT2D eigenvalue weighted by molar-refractivity contribution is -0.281. The second-order valence-electron chi connectivity index (χ2n) is 11.3. The van der Waals surface area contributed by atoms with E-state index in [4.69, 9.17) is 23.4 Å². The van der Waals surface area contributed by atoms with Crippen LogP contribution in [0, 0.1) is 0 Å². The van der Waals surface area contributed by atoms with E-state index in [0.29, 0.717) is 28.9 Å². The quantitative estimate of drug-likeness (QED) is 0.111. The molecule has 11 nitrogen and oxygen atoms in total. The fourth-order valence-electron chi connectivity index (χ4n) is 5.13. The number of hydrogen-bond donors (Lipinski definition) is 4. The van der Waals surface area contributed by atoms with Gasteiger partial charge >= 0.3 is 5.97 Å². The van der Waals surface area contributed by atoms with E-state index >= 15 is 0 Å². The van der Waals surface area contributed by atoms with Crippen LogP contribution in [0.3, 0.4) is 0 Å². The second-order valence-corrected chi connectivity index (χ2v) is 11.3. The number of benzene rings is 3. The molecule has 0 radical (unpaired) electrons. The number of fused-ring (bicyclic) bond motifs is 1. The summed E-state index contributed by atoms with van der Waals surface area (Å²) in [4.78, 5) is 26.2. The Bertz CT molecular complexity index is 1840. The smallest absolute Gasteiger partial charge is 0.331 e. The highest BCUT2D eigenvalue weighted by Gasteiger charge is 2.47. The van der Waals surface area contributed by atoms with Crippen molar-refractivity contribution < 1.29 is 48.6 Å². The van der Waals surface area contributed by atoms with E-state index in [-0.39, 0.29) is 27.9 Å². The number of phenols is 1. The molecule has 1 fully saturated rings. The Morgan fingerprint density at radius 3 is 2.47 bits per heavy atom. The third-order valence-electron chi connectivity index (χ3n) is 7.70. The molecular weight excluding hydrogens is 608 g/mol. The van der Waals surface area contributed by atoms with Gasteiger partial charge in [-0.1, -0.05) is 29.8 Å². The third-order valence-corrected chi connectivity index (χ3v) is 7.70. The largest absolute Gasteiger partial charge is 0.508 e. The van der Waals surface area contributed by atoms with E-state index in [0.717, 1.165) is 17.2 Å². The van der Waals surface area contributed by atoms with Crippen LogP contribution in [-0.4, -0.2) is 70.8 Å². The second kappa shape index (κ2) is 14.7. The van der Waals surface area contributed by atoms with Crippen LogP contribution in [0.1, 0.15) is 25.0 Å². The van der Waals surface area contributed by atoms with E-state index in [2.05, 4.69) is 6.08 Å². The standard InChI is InChI=1S/C36H36O11/c1-20(2)4-8-23-16-22(9-14-28(23)43-3)27-19-44-29-17-25(12-13-26(29)32(27)40)45-36-35(34(42)33(41)30(18-37)46-36)47-31(39)15-7-21-5-10-24(38)11-6-21/h4-7,9-17,19,30,33-38,41-42H,8,18H2,1-3H3/b15-7+/t30?,33-,34+,35?,36-/m1/s1. The topological polar surface area (TPSA) is 165 Å². The monoisotopic (exact) mass is 644 g/mol. The van der Waals surface area contributed by atoms with Crippen molar-refractivity contribution in [2.75, 3.05) is 13.7 Å². The maximum absolute atomic E-state index is 13.5. The lowest BCUT2D eigenvalue weighted by Crippen LogP contribution is -2.61. The minimum atomic E-state index is -1.66. The number of hydrogen-bond acceptors (Lipinski definition) is 11. The van der Waals surface area contributed by atoms with Crippen molar-refractivity contribution in [1.82, 2.24) is 0 Å². The van der Waals surface area contributed by atoms with Crippen molar-refractivity contribution in [3.8, 4) is 28.4 Å². The van der Waals surface area contributed by atoms with Crippen LogP contribution in [-0.2, 0) is 20.7 Å². The number of carbonyl (C=O) groups is 1. The first-order chi connectivity index (χ1) is 22.6. The summed E-state index contributed by atoms with van der Waals surface area (Å²) >= 11 is 0. The predicted octanol–water partition coefficient (Wildman–Crippen LogP) is 4.13. The molecule has 5 atom stereocenters. The Kier molecular flexibility index (Phi) is 10.4. The average molecular weight is 645 g/mol. The highest BCUT2D eigenvalue weighted by atomic mass is 16.7. The van der Waals surface area contributed by atoms with Gasteiger partial charge < -0.3 is 43.8 Å². The summed E-state index contributed by atoms with van der Waals surface area (Å²) in [6, 6.07) is 16.0. The molecule has 2 heterocycles. The van der Waals surface area contributed by atoms with Gasteiger partial charge in [-0.25, -0.2) is 4.79 Å². The SMILES string of the molecule is COc1ccc(-c2coc3cc(O[C@@H]4OC(CO)[C@@H](O)[C@H](O)C4OC(=O)/C=C/c4ccc(O)cc4)ccc3c2=O)cc1CC=C(C)C. The first-order valence-electron chi connectivity index (χ1n) is 14.9. The van der Waals surface area contributed by atoms with E-state index in [1.807, 2.05) is 26.0 Å². The van der Waals surface area contributed by atoms with E-state index < -0.39 is 43.3 Å². The van der Waals surface area contributed by atoms with Gasteiger partial charge in [-0.2, -0.15) is 0 Å². The van der Waals surface area contributed by atoms with Gasteiger partial charge in [0.1, 0.15) is 47.4 Å². The van der Waals surface area contributed by atoms with E-state index in [9.17, 15) is 30.0 Å². The summed E-state index contributed by atoms with van der Waals surface area (Å²) < 4.78 is 28.4. The molecule has 4 N–H and O–H groups in total. The molecule has 1 aliphatic rings. The molecule has 0 spiro atoms. The normalized spacial score (nSPS) is 21.0.